The molecule has 1 aliphatic carbocycles. The fraction of sp³-hybridized carbons (Fsp3) is 0.933. The maximum atomic E-state index is 12.8. The van der Waals surface area contributed by atoms with Crippen LogP contribution in [0.25, 0.3) is 0 Å². The Labute approximate surface area is 147 Å². The number of hydrogen-bond acceptors (Lipinski definition) is 1. The summed E-state index contributed by atoms with van der Waals surface area (Å²) in [6.07, 6.45) is 2.59. The Kier molecular flexibility index (Phi) is 8.27. The molecule has 0 aromatic rings. The third-order valence-electron chi connectivity index (χ3n) is 4.69. The summed E-state index contributed by atoms with van der Waals surface area (Å²) in [6, 6.07) is 0. The lowest BCUT2D eigenvalue weighted by molar-refractivity contribution is -0.185. The average Bonchev–Trinajstić information content (AvgIpc) is 2.73. The van der Waals surface area contributed by atoms with Gasteiger partial charge in [-0.1, -0.05) is 19.3 Å². The molecule has 7 heteroatoms. The first kappa shape index (κ1) is 19.8. The van der Waals surface area contributed by atoms with Crippen molar-refractivity contribution in [2.24, 2.45) is 22.6 Å². The molecular formula is C15H27F3IN3. The highest BCUT2D eigenvalue weighted by Crippen LogP contribution is 2.39. The minimum atomic E-state index is -4.06. The van der Waals surface area contributed by atoms with Crippen molar-refractivity contribution in [3.05, 3.63) is 0 Å². The molecule has 1 heterocycles. The van der Waals surface area contributed by atoms with E-state index >= 15 is 0 Å². The summed E-state index contributed by atoms with van der Waals surface area (Å²) in [7, 11) is 0. The van der Waals surface area contributed by atoms with Crippen LogP contribution in [0.1, 0.15) is 51.4 Å². The quantitative estimate of drug-likeness (QED) is 0.404. The molecule has 3 nitrogen and oxygen atoms in total. The Hall–Kier alpha value is -0.210. The summed E-state index contributed by atoms with van der Waals surface area (Å²) in [4.78, 5) is 6.46. The van der Waals surface area contributed by atoms with Crippen molar-refractivity contribution in [1.82, 2.24) is 4.90 Å². The van der Waals surface area contributed by atoms with Gasteiger partial charge < -0.3 is 10.6 Å². The van der Waals surface area contributed by atoms with Crippen molar-refractivity contribution >= 4 is 29.9 Å². The number of hydrogen-bond donors (Lipinski definition) is 1. The fourth-order valence-electron chi connectivity index (χ4n) is 3.38. The Balaban J connectivity index is 0.00000242. The van der Waals surface area contributed by atoms with Crippen LogP contribution in [0, 0.1) is 11.8 Å². The normalized spacial score (nSPS) is 28.0. The molecule has 2 fully saturated rings. The maximum Gasteiger partial charge on any atom is 0.391 e. The molecule has 22 heavy (non-hydrogen) atoms. The van der Waals surface area contributed by atoms with E-state index in [2.05, 4.69) is 9.89 Å². The molecule has 2 unspecified atom stereocenters. The van der Waals surface area contributed by atoms with Crippen molar-refractivity contribution in [2.75, 3.05) is 19.6 Å². The summed E-state index contributed by atoms with van der Waals surface area (Å²) < 4.78 is 38.3. The monoisotopic (exact) mass is 433 g/mol. The van der Waals surface area contributed by atoms with Gasteiger partial charge in [-0.2, -0.15) is 13.2 Å². The van der Waals surface area contributed by atoms with Gasteiger partial charge in [0.2, 0.25) is 0 Å². The van der Waals surface area contributed by atoms with Crippen molar-refractivity contribution in [2.45, 2.75) is 57.5 Å². The number of halogens is 4. The third-order valence-corrected chi connectivity index (χ3v) is 4.69. The van der Waals surface area contributed by atoms with Gasteiger partial charge in [-0.15, -0.1) is 24.0 Å². The fourth-order valence-corrected chi connectivity index (χ4v) is 3.38. The van der Waals surface area contributed by atoms with Crippen LogP contribution in [0.5, 0.6) is 0 Å². The molecule has 0 spiro atoms. The molecule has 0 aromatic carbocycles. The summed E-state index contributed by atoms with van der Waals surface area (Å²) >= 11 is 0. The SMILES string of the molecule is I.NC(=NCC1CCCC(C(F)(F)F)C1)N1CCCCCC1. The number of nitrogens with two attached hydrogens (primary N) is 1. The van der Waals surface area contributed by atoms with Crippen LogP contribution < -0.4 is 5.73 Å². The molecule has 1 saturated heterocycles. The van der Waals surface area contributed by atoms with E-state index in [1.165, 1.54) is 12.8 Å². The zero-order valence-electron chi connectivity index (χ0n) is 12.9. The van der Waals surface area contributed by atoms with Crippen molar-refractivity contribution < 1.29 is 13.2 Å². The number of alkyl halides is 3. The summed E-state index contributed by atoms with van der Waals surface area (Å²) in [5.41, 5.74) is 6.01. The van der Waals surface area contributed by atoms with Gasteiger partial charge in [0.05, 0.1) is 5.92 Å². The second kappa shape index (κ2) is 9.17. The molecule has 130 valence electrons. The van der Waals surface area contributed by atoms with E-state index in [1.54, 1.807) is 0 Å². The van der Waals surface area contributed by atoms with Gasteiger partial charge in [-0.05, 0) is 38.0 Å². The van der Waals surface area contributed by atoms with Gasteiger partial charge in [0, 0.05) is 19.6 Å². The van der Waals surface area contributed by atoms with Gasteiger partial charge in [0.25, 0.3) is 0 Å². The van der Waals surface area contributed by atoms with Crippen LogP contribution in [0.15, 0.2) is 4.99 Å². The lowest BCUT2D eigenvalue weighted by Crippen LogP contribution is -2.38. The summed E-state index contributed by atoms with van der Waals surface area (Å²) in [5.74, 6) is -0.604. The molecule has 1 saturated carbocycles. The first-order chi connectivity index (χ1) is 9.97. The highest BCUT2D eigenvalue weighted by atomic mass is 127. The van der Waals surface area contributed by atoms with Crippen molar-refractivity contribution in [1.29, 1.82) is 0 Å². The number of rotatable bonds is 2. The molecule has 2 aliphatic rings. The zero-order valence-corrected chi connectivity index (χ0v) is 15.3. The van der Waals surface area contributed by atoms with Crippen LogP contribution in [-0.2, 0) is 0 Å². The minimum absolute atomic E-state index is 0. The molecule has 0 amide bonds. The highest BCUT2D eigenvalue weighted by molar-refractivity contribution is 14.0. The predicted octanol–water partition coefficient (Wildman–Crippen LogP) is 4.16. The second-order valence-electron chi connectivity index (χ2n) is 6.37. The molecule has 2 atom stereocenters. The zero-order chi connectivity index (χ0) is 15.3. The Morgan fingerprint density at radius 3 is 2.27 bits per heavy atom. The molecule has 2 N–H and O–H groups in total. The van der Waals surface area contributed by atoms with Gasteiger partial charge in [0.15, 0.2) is 5.96 Å². The van der Waals surface area contributed by atoms with Gasteiger partial charge in [-0.3, -0.25) is 4.99 Å². The van der Waals surface area contributed by atoms with Crippen LogP contribution in [-0.4, -0.2) is 36.7 Å². The topological polar surface area (TPSA) is 41.6 Å². The molecule has 0 bridgehead atoms. The number of aliphatic imine (C=N–C) groups is 1. The van der Waals surface area contributed by atoms with E-state index in [4.69, 9.17) is 5.73 Å². The third kappa shape index (κ3) is 6.12. The Morgan fingerprint density at radius 1 is 1.05 bits per heavy atom. The number of guanidine groups is 1. The Bertz CT molecular complexity index is 352. The highest BCUT2D eigenvalue weighted by Gasteiger charge is 2.41. The largest absolute Gasteiger partial charge is 0.391 e. The Morgan fingerprint density at radius 2 is 1.68 bits per heavy atom. The van der Waals surface area contributed by atoms with Gasteiger partial charge >= 0.3 is 6.18 Å². The molecule has 1 aliphatic heterocycles. The first-order valence-electron chi connectivity index (χ1n) is 8.08. The molecule has 0 aromatic heterocycles. The minimum Gasteiger partial charge on any atom is -0.370 e. The summed E-state index contributed by atoms with van der Waals surface area (Å²) in [6.45, 7) is 2.28. The molecule has 0 radical (unpaired) electrons. The first-order valence-corrected chi connectivity index (χ1v) is 8.08. The van der Waals surface area contributed by atoms with Gasteiger partial charge in [0.1, 0.15) is 0 Å². The van der Waals surface area contributed by atoms with E-state index in [0.717, 1.165) is 32.4 Å². The smallest absolute Gasteiger partial charge is 0.370 e. The maximum absolute atomic E-state index is 12.8. The van der Waals surface area contributed by atoms with Crippen LogP contribution in [0.3, 0.4) is 0 Å². The average molecular weight is 433 g/mol. The van der Waals surface area contributed by atoms with Crippen LogP contribution in [0.2, 0.25) is 0 Å². The van der Waals surface area contributed by atoms with Gasteiger partial charge in [-0.25, -0.2) is 0 Å². The number of likely N-dealkylation sites (tertiary alicyclic amines) is 1. The van der Waals surface area contributed by atoms with Crippen molar-refractivity contribution in [3.8, 4) is 0 Å². The number of nitrogens with zero attached hydrogens (tertiary/aromatic N) is 2. The lowest BCUT2D eigenvalue weighted by atomic mass is 9.81. The van der Waals surface area contributed by atoms with E-state index < -0.39 is 12.1 Å². The van der Waals surface area contributed by atoms with E-state index in [0.29, 0.717) is 18.9 Å². The van der Waals surface area contributed by atoms with Crippen LogP contribution >= 0.6 is 24.0 Å². The van der Waals surface area contributed by atoms with Crippen molar-refractivity contribution in [3.63, 3.8) is 0 Å². The van der Waals surface area contributed by atoms with Crippen LogP contribution in [0.4, 0.5) is 13.2 Å². The van der Waals surface area contributed by atoms with E-state index in [-0.39, 0.29) is 42.7 Å². The van der Waals surface area contributed by atoms with E-state index in [1.807, 2.05) is 0 Å². The standard InChI is InChI=1S/C15H26F3N3.HI/c16-15(17,18)13-7-5-6-12(10-13)11-20-14(19)21-8-3-1-2-4-9-21;/h12-13H,1-11H2,(H2,19,20);1H. The van der Waals surface area contributed by atoms with E-state index in [9.17, 15) is 13.2 Å². The predicted molar refractivity (Wildman–Crippen MR) is 93.4 cm³/mol. The second-order valence-corrected chi connectivity index (χ2v) is 6.37. The summed E-state index contributed by atoms with van der Waals surface area (Å²) in [5, 5.41) is 0. The molecule has 2 rings (SSSR count). The lowest BCUT2D eigenvalue weighted by Gasteiger charge is -2.30. The molecular weight excluding hydrogens is 406 g/mol.